The number of ether oxygens (including phenoxy) is 1. The van der Waals surface area contributed by atoms with Gasteiger partial charge in [-0.2, -0.15) is 0 Å². The summed E-state index contributed by atoms with van der Waals surface area (Å²) in [5, 5.41) is 0. The van der Waals surface area contributed by atoms with Crippen LogP contribution in [0.3, 0.4) is 0 Å². The van der Waals surface area contributed by atoms with Crippen LogP contribution in [-0.2, 0) is 9.53 Å². The number of hydrogen-bond donors (Lipinski definition) is 0. The second-order valence-corrected chi connectivity index (χ2v) is 4.86. The fraction of sp³-hybridized carbons (Fsp3) is 0.278. The Morgan fingerprint density at radius 1 is 1.33 bits per heavy atom. The Morgan fingerprint density at radius 2 is 1.95 bits per heavy atom. The number of benzene rings is 1. The summed E-state index contributed by atoms with van der Waals surface area (Å²) in [6.45, 7) is 11.2. The van der Waals surface area contributed by atoms with Gasteiger partial charge in [0.05, 0.1) is 0 Å². The SMILES string of the molecule is C=CCC(/C=C(\C)C(=C)N(C)c1ccccc1)OC(C)=O. The van der Waals surface area contributed by atoms with Crippen molar-refractivity contribution in [3.8, 4) is 0 Å². The molecule has 1 unspecified atom stereocenters. The highest BCUT2D eigenvalue weighted by atomic mass is 16.5. The fourth-order valence-corrected chi connectivity index (χ4v) is 1.97. The van der Waals surface area contributed by atoms with E-state index in [1.165, 1.54) is 6.92 Å². The van der Waals surface area contributed by atoms with E-state index in [-0.39, 0.29) is 12.1 Å². The molecule has 0 saturated carbocycles. The maximum atomic E-state index is 11.1. The van der Waals surface area contributed by atoms with Crippen molar-refractivity contribution in [2.75, 3.05) is 11.9 Å². The second kappa shape index (κ2) is 8.10. The Bertz CT molecular complexity index is 531. The zero-order valence-corrected chi connectivity index (χ0v) is 13.0. The van der Waals surface area contributed by atoms with Gasteiger partial charge >= 0.3 is 5.97 Å². The molecule has 0 spiro atoms. The smallest absolute Gasteiger partial charge is 0.303 e. The molecule has 0 aliphatic carbocycles. The number of allylic oxidation sites excluding steroid dienone is 1. The van der Waals surface area contributed by atoms with Crippen molar-refractivity contribution in [1.82, 2.24) is 0 Å². The van der Waals surface area contributed by atoms with E-state index in [4.69, 9.17) is 4.74 Å². The van der Waals surface area contributed by atoms with Crippen molar-refractivity contribution in [3.63, 3.8) is 0 Å². The average molecular weight is 285 g/mol. The van der Waals surface area contributed by atoms with Crippen molar-refractivity contribution in [2.24, 2.45) is 0 Å². The van der Waals surface area contributed by atoms with Crippen LogP contribution >= 0.6 is 0 Å². The first kappa shape index (κ1) is 16.8. The molecule has 0 radical (unpaired) electrons. The van der Waals surface area contributed by atoms with Gasteiger partial charge in [0, 0.05) is 31.8 Å². The van der Waals surface area contributed by atoms with Crippen LogP contribution in [0.5, 0.6) is 0 Å². The number of carbonyl (C=O) groups excluding carboxylic acids is 1. The summed E-state index contributed by atoms with van der Waals surface area (Å²) in [6, 6.07) is 9.98. The minimum absolute atomic E-state index is 0.298. The van der Waals surface area contributed by atoms with E-state index >= 15 is 0 Å². The van der Waals surface area contributed by atoms with Crippen LogP contribution in [0.4, 0.5) is 5.69 Å². The van der Waals surface area contributed by atoms with Gasteiger partial charge in [0.15, 0.2) is 0 Å². The fourth-order valence-electron chi connectivity index (χ4n) is 1.97. The molecule has 0 bridgehead atoms. The molecule has 0 aliphatic rings. The van der Waals surface area contributed by atoms with E-state index in [1.54, 1.807) is 6.08 Å². The molecule has 0 aromatic heterocycles. The van der Waals surface area contributed by atoms with Crippen molar-refractivity contribution < 1.29 is 9.53 Å². The first-order valence-electron chi connectivity index (χ1n) is 6.90. The summed E-state index contributed by atoms with van der Waals surface area (Å²) < 4.78 is 5.25. The maximum Gasteiger partial charge on any atom is 0.303 e. The predicted octanol–water partition coefficient (Wildman–Crippen LogP) is 4.09. The largest absolute Gasteiger partial charge is 0.458 e. The molecule has 3 nitrogen and oxygen atoms in total. The molecule has 1 rings (SSSR count). The monoisotopic (exact) mass is 285 g/mol. The molecule has 1 aromatic rings. The molecule has 1 atom stereocenters. The zero-order chi connectivity index (χ0) is 15.8. The summed E-state index contributed by atoms with van der Waals surface area (Å²) in [5.41, 5.74) is 2.89. The zero-order valence-electron chi connectivity index (χ0n) is 13.0. The quantitative estimate of drug-likeness (QED) is 0.429. The Labute approximate surface area is 127 Å². The number of esters is 1. The van der Waals surface area contributed by atoms with Gasteiger partial charge in [-0.05, 0) is 30.7 Å². The van der Waals surface area contributed by atoms with Crippen LogP contribution < -0.4 is 4.90 Å². The van der Waals surface area contributed by atoms with Crippen LogP contribution in [0.15, 0.2) is 66.9 Å². The molecule has 0 aliphatic heterocycles. The van der Waals surface area contributed by atoms with Gasteiger partial charge in [0.25, 0.3) is 0 Å². The average Bonchev–Trinajstić information content (AvgIpc) is 2.46. The lowest BCUT2D eigenvalue weighted by molar-refractivity contribution is -0.143. The van der Waals surface area contributed by atoms with Gasteiger partial charge < -0.3 is 9.64 Å². The van der Waals surface area contributed by atoms with E-state index < -0.39 is 0 Å². The molecule has 0 heterocycles. The Kier molecular flexibility index (Phi) is 6.47. The Balaban J connectivity index is 2.86. The molecular formula is C18H23NO2. The van der Waals surface area contributed by atoms with E-state index in [9.17, 15) is 4.79 Å². The number of hydrogen-bond acceptors (Lipinski definition) is 3. The van der Waals surface area contributed by atoms with Crippen molar-refractivity contribution >= 4 is 11.7 Å². The number of carbonyl (C=O) groups is 1. The summed E-state index contributed by atoms with van der Waals surface area (Å²) in [6.07, 6.45) is 3.92. The number of nitrogens with zero attached hydrogens (tertiary/aromatic N) is 1. The Morgan fingerprint density at radius 3 is 2.48 bits per heavy atom. The second-order valence-electron chi connectivity index (χ2n) is 4.86. The van der Waals surface area contributed by atoms with Gasteiger partial charge in [-0.25, -0.2) is 0 Å². The molecule has 0 N–H and O–H groups in total. The van der Waals surface area contributed by atoms with E-state index in [0.717, 1.165) is 17.0 Å². The van der Waals surface area contributed by atoms with Crippen molar-refractivity contribution in [2.45, 2.75) is 26.4 Å². The summed E-state index contributed by atoms with van der Waals surface area (Å²) in [5.74, 6) is -0.298. The molecule has 112 valence electrons. The molecule has 1 aromatic carbocycles. The molecule has 0 fully saturated rings. The molecule has 3 heteroatoms. The minimum atomic E-state index is -0.305. The van der Waals surface area contributed by atoms with Gasteiger partial charge in [0.2, 0.25) is 0 Å². The highest BCUT2D eigenvalue weighted by molar-refractivity contribution is 5.66. The highest BCUT2D eigenvalue weighted by Gasteiger charge is 2.11. The van der Waals surface area contributed by atoms with Crippen LogP contribution in [0.2, 0.25) is 0 Å². The highest BCUT2D eigenvalue weighted by Crippen LogP contribution is 2.21. The third-order valence-electron chi connectivity index (χ3n) is 3.16. The molecule has 21 heavy (non-hydrogen) atoms. The minimum Gasteiger partial charge on any atom is -0.458 e. The maximum absolute atomic E-state index is 11.1. The van der Waals surface area contributed by atoms with Crippen LogP contribution in [0.25, 0.3) is 0 Å². The van der Waals surface area contributed by atoms with E-state index in [1.807, 2.05) is 55.3 Å². The van der Waals surface area contributed by atoms with E-state index in [0.29, 0.717) is 6.42 Å². The van der Waals surface area contributed by atoms with Crippen LogP contribution in [-0.4, -0.2) is 19.1 Å². The number of rotatable bonds is 7. The van der Waals surface area contributed by atoms with E-state index in [2.05, 4.69) is 13.2 Å². The lowest BCUT2D eigenvalue weighted by Crippen LogP contribution is -2.18. The van der Waals surface area contributed by atoms with Crippen LogP contribution in [0.1, 0.15) is 20.3 Å². The lowest BCUT2D eigenvalue weighted by atomic mass is 10.1. The standard InChI is InChI=1S/C18H23NO2/c1-6-10-18(21-16(4)20)13-14(2)15(3)19(5)17-11-8-7-9-12-17/h6-9,11-13,18H,1,3,10H2,2,4-5H3/b14-13+. The number of para-hydroxylation sites is 1. The third kappa shape index (κ3) is 5.30. The third-order valence-corrected chi connectivity index (χ3v) is 3.16. The number of anilines is 1. The summed E-state index contributed by atoms with van der Waals surface area (Å²) in [7, 11) is 1.96. The van der Waals surface area contributed by atoms with Crippen LogP contribution in [0, 0.1) is 0 Å². The summed E-state index contributed by atoms with van der Waals surface area (Å²) >= 11 is 0. The first-order chi connectivity index (χ1) is 9.95. The van der Waals surface area contributed by atoms with Gasteiger partial charge in [-0.15, -0.1) is 6.58 Å². The first-order valence-corrected chi connectivity index (χ1v) is 6.90. The van der Waals surface area contributed by atoms with Gasteiger partial charge in [-0.3, -0.25) is 4.79 Å². The Hall–Kier alpha value is -2.29. The molecule has 0 amide bonds. The topological polar surface area (TPSA) is 29.5 Å². The molecular weight excluding hydrogens is 262 g/mol. The lowest BCUT2D eigenvalue weighted by Gasteiger charge is -2.23. The molecule has 0 saturated heterocycles. The van der Waals surface area contributed by atoms with Gasteiger partial charge in [0.1, 0.15) is 6.10 Å². The van der Waals surface area contributed by atoms with Crippen molar-refractivity contribution in [3.05, 3.63) is 66.9 Å². The predicted molar refractivity (Wildman–Crippen MR) is 88.1 cm³/mol. The normalized spacial score (nSPS) is 12.4. The van der Waals surface area contributed by atoms with Crippen molar-refractivity contribution in [1.29, 1.82) is 0 Å². The number of likely N-dealkylation sites (N-methyl/N-ethyl adjacent to an activating group) is 1. The van der Waals surface area contributed by atoms with Gasteiger partial charge in [-0.1, -0.05) is 30.9 Å². The summed E-state index contributed by atoms with van der Waals surface area (Å²) in [4.78, 5) is 13.1.